The Morgan fingerprint density at radius 1 is 2.00 bits per heavy atom. The van der Waals surface area contributed by atoms with Gasteiger partial charge in [-0.1, -0.05) is 5.21 Å². The van der Waals surface area contributed by atoms with Crippen LogP contribution in [0.5, 0.6) is 0 Å². The molecular formula is C2H3N3. The molecule has 1 aromatic heterocycles. The van der Waals surface area contributed by atoms with E-state index in [1.165, 1.54) is 0 Å². The van der Waals surface area contributed by atoms with Crippen molar-refractivity contribution in [3.63, 3.8) is 0 Å². The van der Waals surface area contributed by atoms with E-state index in [-0.39, 0.29) is 12.3 Å². The van der Waals surface area contributed by atoms with Crippen molar-refractivity contribution in [3.05, 3.63) is 12.3 Å². The summed E-state index contributed by atoms with van der Waals surface area (Å²) in [5, 5.41) is 8.55. The topological polar surface area (TPSA) is 41.6 Å². The van der Waals surface area contributed by atoms with Crippen molar-refractivity contribution >= 4 is 0 Å². The van der Waals surface area contributed by atoms with Gasteiger partial charge in [0.15, 0.2) is 0 Å². The summed E-state index contributed by atoms with van der Waals surface area (Å²) in [5.74, 6) is 0. The average molecular weight is 73.1 g/mol. The van der Waals surface area contributed by atoms with Gasteiger partial charge in [-0.15, -0.1) is 5.10 Å². The minimum Gasteiger partial charge on any atom is -0.266 e. The van der Waals surface area contributed by atoms with Crippen LogP contribution in [-0.2, 0) is 0 Å². The molecular weight excluding hydrogens is 66.0 g/mol. The van der Waals surface area contributed by atoms with E-state index >= 15 is 0 Å². The fraction of sp³-hybridized carbons (Fsp3) is 0. The monoisotopic (exact) mass is 73.0 g/mol. The van der Waals surface area contributed by atoms with Crippen LogP contribution < -0.4 is 0 Å². The highest BCUT2D eigenvalue weighted by atomic mass is 15.3. The summed E-state index contributed by atoms with van der Waals surface area (Å²) in [6, 6.07) is 0. The maximum Gasteiger partial charge on any atom is 0.0877 e. The Bertz CT molecular complexity index is 143. The third-order valence-corrected chi connectivity index (χ3v) is 0.262. The molecule has 1 rings (SSSR count). The highest BCUT2D eigenvalue weighted by Gasteiger charge is 1.57. The molecule has 0 spiro atoms. The molecule has 26 valence electrons. The van der Waals surface area contributed by atoms with Gasteiger partial charge in [0.1, 0.15) is 0 Å². The van der Waals surface area contributed by atoms with Gasteiger partial charge in [0.05, 0.1) is 8.91 Å². The van der Waals surface area contributed by atoms with Gasteiger partial charge >= 0.3 is 0 Å². The van der Waals surface area contributed by atoms with Gasteiger partial charge in [-0.05, 0) is 0 Å². The van der Waals surface area contributed by atoms with Crippen molar-refractivity contribution in [1.29, 1.82) is 0 Å². The first kappa shape index (κ1) is 1.08. The Hall–Kier alpha value is -0.860. The molecule has 0 aliphatic carbocycles. The molecule has 0 amide bonds. The zero-order chi connectivity index (χ0) is 5.28. The number of hydrogen-bond donors (Lipinski definition) is 1. The van der Waals surface area contributed by atoms with Gasteiger partial charge in [-0.2, -0.15) is 0 Å². The van der Waals surface area contributed by atoms with Crippen molar-refractivity contribution in [2.24, 2.45) is 0 Å². The van der Waals surface area contributed by atoms with Crippen LogP contribution >= 0.6 is 0 Å². The second kappa shape index (κ2) is 0.839. The van der Waals surface area contributed by atoms with E-state index in [0.717, 1.165) is 0 Å². The minimum atomic E-state index is -0.111. The number of rotatable bonds is 0. The van der Waals surface area contributed by atoms with E-state index in [2.05, 4.69) is 15.4 Å². The smallest absolute Gasteiger partial charge is 0.0877 e. The van der Waals surface area contributed by atoms with Crippen LogP contribution in [-0.4, -0.2) is 15.4 Å². The Labute approximate surface area is 31.8 Å². The first-order valence-electron chi connectivity index (χ1n) is 2.15. The lowest BCUT2D eigenvalue weighted by molar-refractivity contribution is 0.940. The Kier molecular flexibility index (Phi) is 0.182. The molecule has 0 fully saturated rings. The van der Waals surface area contributed by atoms with Crippen LogP contribution in [0.4, 0.5) is 0 Å². The lowest BCUT2D eigenvalue weighted by Crippen LogP contribution is -1.61. The SMILES string of the molecule is [3H]c1nn[nH]c1[3H]. The molecule has 0 unspecified atom stereocenters. The number of aromatic nitrogens is 3. The average Bonchev–Trinajstić information content (AvgIpc) is 1.91. The zero-order valence-electron chi connectivity index (χ0n) is 4.39. The summed E-state index contributed by atoms with van der Waals surface area (Å²) >= 11 is 0. The summed E-state index contributed by atoms with van der Waals surface area (Å²) in [6.07, 6.45) is -0.153. The van der Waals surface area contributed by atoms with Gasteiger partial charge in [-0.3, -0.25) is 5.10 Å². The molecule has 1 heterocycles. The lowest BCUT2D eigenvalue weighted by Gasteiger charge is -1.46. The number of H-pyrrole nitrogens is 1. The predicted molar refractivity (Wildman–Crippen MR) is 16.4 cm³/mol. The van der Waals surface area contributed by atoms with E-state index in [4.69, 9.17) is 2.74 Å². The number of nitrogens with zero attached hydrogens (tertiary/aromatic N) is 2. The molecule has 5 heavy (non-hydrogen) atoms. The molecule has 0 aliphatic rings. The largest absolute Gasteiger partial charge is 0.266 e. The number of nitrogens with one attached hydrogen (secondary N) is 1. The molecule has 1 N–H and O–H groups in total. The standard InChI is InChI=1S/C2H3N3/c1-2-4-5-3-1/h1-2H,(H,3,4,5)/i1T,2T. The third kappa shape index (κ3) is 0.238. The summed E-state index contributed by atoms with van der Waals surface area (Å²) in [5.41, 5.74) is 0. The highest BCUT2D eigenvalue weighted by molar-refractivity contribution is 4.54. The Balaban J connectivity index is 3.12. The minimum absolute atomic E-state index is 0.0417. The van der Waals surface area contributed by atoms with Gasteiger partial charge < -0.3 is 0 Å². The van der Waals surface area contributed by atoms with Crippen LogP contribution in [0.3, 0.4) is 0 Å². The molecule has 0 bridgehead atoms. The van der Waals surface area contributed by atoms with E-state index < -0.39 is 0 Å². The Morgan fingerprint density at radius 2 is 3.00 bits per heavy atom. The number of aromatic amines is 1. The molecule has 1 aromatic rings. The predicted octanol–water partition coefficient (Wildman–Crippen LogP) is -0.195. The second-order valence-electron chi connectivity index (χ2n) is 0.549. The van der Waals surface area contributed by atoms with Crippen molar-refractivity contribution in [2.45, 2.75) is 0 Å². The van der Waals surface area contributed by atoms with Crippen molar-refractivity contribution in [3.8, 4) is 0 Å². The quantitative estimate of drug-likeness (QED) is 0.462. The van der Waals surface area contributed by atoms with Crippen LogP contribution in [0.2, 0.25) is 0 Å². The maximum absolute atomic E-state index is 6.73. The van der Waals surface area contributed by atoms with Crippen molar-refractivity contribution in [2.75, 3.05) is 0 Å². The molecule has 0 aliphatic heterocycles. The summed E-state index contributed by atoms with van der Waals surface area (Å²) in [4.78, 5) is 0. The molecule has 0 aromatic carbocycles. The van der Waals surface area contributed by atoms with E-state index in [1.54, 1.807) is 0 Å². The van der Waals surface area contributed by atoms with E-state index in [9.17, 15) is 0 Å². The molecule has 3 heteroatoms. The summed E-state index contributed by atoms with van der Waals surface area (Å²) in [6.45, 7) is 0. The molecule has 3 nitrogen and oxygen atoms in total. The normalized spacial score (nSPS) is 13.6. The van der Waals surface area contributed by atoms with Crippen LogP contribution in [0.1, 0.15) is 2.74 Å². The molecule has 0 radical (unpaired) electrons. The van der Waals surface area contributed by atoms with Gasteiger partial charge in [0.25, 0.3) is 0 Å². The Morgan fingerprint density at radius 3 is 3.20 bits per heavy atom. The van der Waals surface area contributed by atoms with Crippen LogP contribution in [0.15, 0.2) is 12.3 Å². The molecule has 0 saturated carbocycles. The third-order valence-electron chi connectivity index (χ3n) is 0.262. The van der Waals surface area contributed by atoms with Gasteiger partial charge in [-0.25, -0.2) is 0 Å². The summed E-state index contributed by atoms with van der Waals surface area (Å²) in [7, 11) is 0. The highest BCUT2D eigenvalue weighted by Crippen LogP contribution is 1.55. The lowest BCUT2D eigenvalue weighted by atomic mass is 11.0. The van der Waals surface area contributed by atoms with Crippen LogP contribution in [0.25, 0.3) is 0 Å². The zero-order valence-corrected chi connectivity index (χ0v) is 2.39. The second-order valence-corrected chi connectivity index (χ2v) is 0.549. The summed E-state index contributed by atoms with van der Waals surface area (Å²) < 4.78 is 13.4. The maximum atomic E-state index is 6.73. The first-order valence-corrected chi connectivity index (χ1v) is 1.15. The molecule has 0 atom stereocenters. The van der Waals surface area contributed by atoms with Crippen molar-refractivity contribution in [1.82, 2.24) is 15.4 Å². The first-order chi connectivity index (χ1) is 3.30. The van der Waals surface area contributed by atoms with Crippen molar-refractivity contribution < 1.29 is 2.74 Å². The fourth-order valence-corrected chi connectivity index (χ4v) is 0.125. The number of hydrogen-bond acceptors (Lipinski definition) is 2. The van der Waals surface area contributed by atoms with Gasteiger partial charge in [0, 0.05) is 6.17 Å². The van der Waals surface area contributed by atoms with E-state index in [1.807, 2.05) is 0 Å². The van der Waals surface area contributed by atoms with Crippen LogP contribution in [0, 0.1) is 0 Å². The van der Waals surface area contributed by atoms with E-state index in [0.29, 0.717) is 0 Å². The molecule has 0 saturated heterocycles. The van der Waals surface area contributed by atoms with Gasteiger partial charge in [0.2, 0.25) is 0 Å². The fourth-order valence-electron chi connectivity index (χ4n) is 0.125.